The molecule has 4 heteroatoms. The van der Waals surface area contributed by atoms with Crippen LogP contribution in [0.15, 0.2) is 24.3 Å². The monoisotopic (exact) mass is 265 g/mol. The van der Waals surface area contributed by atoms with Gasteiger partial charge in [-0.1, -0.05) is 0 Å². The SMILES string of the molecule is COCCCN(CCOC)c1ccc(C(C)=O)cc1. The Kier molecular flexibility index (Phi) is 7.15. The molecule has 0 aliphatic heterocycles. The first-order valence-corrected chi connectivity index (χ1v) is 6.53. The van der Waals surface area contributed by atoms with Crippen LogP contribution in [0.5, 0.6) is 0 Å². The quantitative estimate of drug-likeness (QED) is 0.507. The van der Waals surface area contributed by atoms with Crippen LogP contribution in [0.2, 0.25) is 0 Å². The van der Waals surface area contributed by atoms with Crippen molar-refractivity contribution in [3.05, 3.63) is 29.8 Å². The molecule has 0 atom stereocenters. The van der Waals surface area contributed by atoms with Crippen molar-refractivity contribution in [1.82, 2.24) is 0 Å². The van der Waals surface area contributed by atoms with Crippen LogP contribution in [0.3, 0.4) is 0 Å². The van der Waals surface area contributed by atoms with Crippen LogP contribution in [0, 0.1) is 0 Å². The van der Waals surface area contributed by atoms with Gasteiger partial charge < -0.3 is 14.4 Å². The van der Waals surface area contributed by atoms with Gasteiger partial charge in [0.05, 0.1) is 6.61 Å². The minimum absolute atomic E-state index is 0.0920. The summed E-state index contributed by atoms with van der Waals surface area (Å²) in [4.78, 5) is 13.5. The highest BCUT2D eigenvalue weighted by Crippen LogP contribution is 2.16. The molecule has 0 bridgehead atoms. The van der Waals surface area contributed by atoms with Gasteiger partial charge in [-0.15, -0.1) is 0 Å². The van der Waals surface area contributed by atoms with E-state index in [1.807, 2.05) is 24.3 Å². The Hall–Kier alpha value is -1.39. The van der Waals surface area contributed by atoms with E-state index in [0.717, 1.165) is 37.4 Å². The van der Waals surface area contributed by atoms with Crippen LogP contribution in [-0.4, -0.2) is 46.3 Å². The summed E-state index contributed by atoms with van der Waals surface area (Å²) in [5.41, 5.74) is 1.85. The molecule has 19 heavy (non-hydrogen) atoms. The number of hydrogen-bond acceptors (Lipinski definition) is 4. The minimum atomic E-state index is 0.0920. The summed E-state index contributed by atoms with van der Waals surface area (Å²) < 4.78 is 10.2. The zero-order valence-electron chi connectivity index (χ0n) is 12.0. The highest BCUT2D eigenvalue weighted by Gasteiger charge is 2.07. The van der Waals surface area contributed by atoms with E-state index in [-0.39, 0.29) is 5.78 Å². The zero-order chi connectivity index (χ0) is 14.1. The molecule has 0 heterocycles. The van der Waals surface area contributed by atoms with Gasteiger partial charge in [0, 0.05) is 45.2 Å². The number of hydrogen-bond donors (Lipinski definition) is 0. The highest BCUT2D eigenvalue weighted by molar-refractivity contribution is 5.94. The lowest BCUT2D eigenvalue weighted by Gasteiger charge is -2.24. The van der Waals surface area contributed by atoms with Gasteiger partial charge in [0.2, 0.25) is 0 Å². The molecule has 0 unspecified atom stereocenters. The largest absolute Gasteiger partial charge is 0.385 e. The normalized spacial score (nSPS) is 10.5. The summed E-state index contributed by atoms with van der Waals surface area (Å²) in [5, 5.41) is 0. The fourth-order valence-corrected chi connectivity index (χ4v) is 1.88. The van der Waals surface area contributed by atoms with Gasteiger partial charge in [-0.2, -0.15) is 0 Å². The number of ether oxygens (including phenoxy) is 2. The predicted molar refractivity (Wildman–Crippen MR) is 77.0 cm³/mol. The second kappa shape index (κ2) is 8.67. The van der Waals surface area contributed by atoms with Crippen molar-refractivity contribution in [3.8, 4) is 0 Å². The number of rotatable bonds is 9. The molecule has 1 aromatic rings. The number of ketones is 1. The molecule has 0 amide bonds. The van der Waals surface area contributed by atoms with E-state index in [1.54, 1.807) is 21.1 Å². The molecule has 0 aliphatic rings. The van der Waals surface area contributed by atoms with Crippen molar-refractivity contribution in [2.75, 3.05) is 45.4 Å². The average Bonchev–Trinajstić information content (AvgIpc) is 2.43. The Labute approximate surface area is 115 Å². The maximum absolute atomic E-state index is 11.3. The molecule has 0 N–H and O–H groups in total. The zero-order valence-corrected chi connectivity index (χ0v) is 12.0. The third-order valence-corrected chi connectivity index (χ3v) is 2.98. The van der Waals surface area contributed by atoms with Crippen molar-refractivity contribution in [1.29, 1.82) is 0 Å². The van der Waals surface area contributed by atoms with Gasteiger partial charge in [-0.25, -0.2) is 0 Å². The van der Waals surface area contributed by atoms with Gasteiger partial charge in [0.15, 0.2) is 5.78 Å². The van der Waals surface area contributed by atoms with Gasteiger partial charge in [-0.3, -0.25) is 4.79 Å². The molecular formula is C15H23NO3. The number of nitrogens with zero attached hydrogens (tertiary/aromatic N) is 1. The minimum Gasteiger partial charge on any atom is -0.385 e. The van der Waals surface area contributed by atoms with Gasteiger partial charge in [0.1, 0.15) is 0 Å². The standard InChI is InChI=1S/C15H23NO3/c1-13(17)14-5-7-15(8-6-14)16(10-12-19-3)9-4-11-18-2/h5-8H,4,9-12H2,1-3H3. The highest BCUT2D eigenvalue weighted by atomic mass is 16.5. The van der Waals surface area contributed by atoms with Crippen molar-refractivity contribution in [2.24, 2.45) is 0 Å². The van der Waals surface area contributed by atoms with Crippen LogP contribution in [0.1, 0.15) is 23.7 Å². The van der Waals surface area contributed by atoms with E-state index in [1.165, 1.54) is 0 Å². The second-order valence-corrected chi connectivity index (χ2v) is 4.43. The Bertz CT molecular complexity index is 375. The molecule has 1 rings (SSSR count). The number of carbonyl (C=O) groups excluding carboxylic acids is 1. The summed E-state index contributed by atoms with van der Waals surface area (Å²) in [6, 6.07) is 7.71. The fraction of sp³-hybridized carbons (Fsp3) is 0.533. The number of Topliss-reactive ketones (excluding diaryl/α,β-unsaturated/α-hetero) is 1. The fourth-order valence-electron chi connectivity index (χ4n) is 1.88. The van der Waals surface area contributed by atoms with E-state index >= 15 is 0 Å². The maximum atomic E-state index is 11.3. The lowest BCUT2D eigenvalue weighted by Crippen LogP contribution is -2.29. The van der Waals surface area contributed by atoms with Crippen LogP contribution < -0.4 is 4.90 Å². The van der Waals surface area contributed by atoms with E-state index < -0.39 is 0 Å². The Balaban J connectivity index is 2.68. The molecule has 0 spiro atoms. The molecular weight excluding hydrogens is 242 g/mol. The predicted octanol–water partition coefficient (Wildman–Crippen LogP) is 2.38. The van der Waals surface area contributed by atoms with E-state index in [9.17, 15) is 4.79 Å². The summed E-state index contributed by atoms with van der Waals surface area (Å²) >= 11 is 0. The molecule has 0 saturated heterocycles. The lowest BCUT2D eigenvalue weighted by atomic mass is 10.1. The molecule has 4 nitrogen and oxygen atoms in total. The van der Waals surface area contributed by atoms with Crippen molar-refractivity contribution in [3.63, 3.8) is 0 Å². The first kappa shape index (κ1) is 15.7. The lowest BCUT2D eigenvalue weighted by molar-refractivity contribution is 0.101. The first-order chi connectivity index (χ1) is 9.19. The summed E-state index contributed by atoms with van der Waals surface area (Å²) in [6.07, 6.45) is 0.967. The smallest absolute Gasteiger partial charge is 0.159 e. The third kappa shape index (κ3) is 5.41. The summed E-state index contributed by atoms with van der Waals surface area (Å²) in [7, 11) is 3.41. The van der Waals surface area contributed by atoms with Crippen LogP contribution in [0.25, 0.3) is 0 Å². The molecule has 0 radical (unpaired) electrons. The molecule has 0 aromatic heterocycles. The van der Waals surface area contributed by atoms with E-state index in [4.69, 9.17) is 9.47 Å². The van der Waals surface area contributed by atoms with E-state index in [0.29, 0.717) is 6.61 Å². The first-order valence-electron chi connectivity index (χ1n) is 6.53. The van der Waals surface area contributed by atoms with Gasteiger partial charge in [0.25, 0.3) is 0 Å². The molecule has 1 aromatic carbocycles. The average molecular weight is 265 g/mol. The Morgan fingerprint density at radius 2 is 1.68 bits per heavy atom. The number of anilines is 1. The molecule has 0 saturated carbocycles. The van der Waals surface area contributed by atoms with Crippen LogP contribution >= 0.6 is 0 Å². The maximum Gasteiger partial charge on any atom is 0.159 e. The summed E-state index contributed by atoms with van der Waals surface area (Å²) in [6.45, 7) is 4.75. The number of carbonyl (C=O) groups is 1. The van der Waals surface area contributed by atoms with Crippen LogP contribution in [0.4, 0.5) is 5.69 Å². The molecule has 0 fully saturated rings. The Morgan fingerprint density at radius 1 is 1.05 bits per heavy atom. The number of methoxy groups -OCH3 is 2. The van der Waals surface area contributed by atoms with Crippen LogP contribution in [-0.2, 0) is 9.47 Å². The van der Waals surface area contributed by atoms with E-state index in [2.05, 4.69) is 4.90 Å². The van der Waals surface area contributed by atoms with Crippen molar-refractivity contribution >= 4 is 11.5 Å². The molecule has 0 aliphatic carbocycles. The van der Waals surface area contributed by atoms with Gasteiger partial charge in [-0.05, 0) is 37.6 Å². The third-order valence-electron chi connectivity index (χ3n) is 2.98. The Morgan fingerprint density at radius 3 is 2.21 bits per heavy atom. The molecule has 106 valence electrons. The second-order valence-electron chi connectivity index (χ2n) is 4.43. The van der Waals surface area contributed by atoms with Crippen molar-refractivity contribution in [2.45, 2.75) is 13.3 Å². The topological polar surface area (TPSA) is 38.8 Å². The summed E-state index contributed by atoms with van der Waals surface area (Å²) in [5.74, 6) is 0.0920. The van der Waals surface area contributed by atoms with Crippen molar-refractivity contribution < 1.29 is 14.3 Å². The van der Waals surface area contributed by atoms with Gasteiger partial charge >= 0.3 is 0 Å². The number of benzene rings is 1.